The molecular weight excluding hydrogens is 317 g/mol. The normalized spacial score (nSPS) is 8.10. The summed E-state index contributed by atoms with van der Waals surface area (Å²) in [5.74, 6) is 0. The van der Waals surface area contributed by atoms with Crippen molar-refractivity contribution in [1.29, 1.82) is 0 Å². The topological polar surface area (TPSA) is 0 Å². The maximum absolute atomic E-state index is 3.83. The van der Waals surface area contributed by atoms with Gasteiger partial charge in [-0.1, -0.05) is 42.5 Å². The molecule has 1 aromatic carbocycles. The first-order valence-electron chi connectivity index (χ1n) is 3.01. The fourth-order valence-electron chi connectivity index (χ4n) is 0.723. The summed E-state index contributed by atoms with van der Waals surface area (Å²) < 4.78 is 0. The van der Waals surface area contributed by atoms with Crippen molar-refractivity contribution >= 4 is 32.1 Å². The third-order valence-corrected chi connectivity index (χ3v) is 1.27. The maximum atomic E-state index is 3.83. The molecule has 54 valence electrons. The summed E-state index contributed by atoms with van der Waals surface area (Å²) in [5, 5.41) is 0. The summed E-state index contributed by atoms with van der Waals surface area (Å²) >= 11 is 0. The molecule has 0 aromatic heterocycles. The van der Waals surface area contributed by atoms with E-state index in [0.29, 0.717) is 0 Å². The minimum absolute atomic E-state index is 0. The molecule has 0 saturated heterocycles. The van der Waals surface area contributed by atoms with Crippen LogP contribution in [0.5, 0.6) is 0 Å². The summed E-state index contributed by atoms with van der Waals surface area (Å²) in [6.45, 7) is 5.83. The predicted molar refractivity (Wildman–Crippen MR) is 49.7 cm³/mol. The monoisotopic (exact) mass is 329 g/mol. The van der Waals surface area contributed by atoms with Gasteiger partial charge in [-0.3, -0.25) is 0 Å². The molecule has 0 spiro atoms. The fraction of sp³-hybridized carbons (Fsp3) is 0.111. The molecule has 0 nitrogen and oxygen atoms in total. The van der Waals surface area contributed by atoms with E-state index < -0.39 is 0 Å². The Labute approximate surface area is 81.4 Å². The Morgan fingerprint density at radius 2 is 1.70 bits per heavy atom. The Hall–Kier alpha value is -0.144. The van der Waals surface area contributed by atoms with Crippen molar-refractivity contribution in [2.24, 2.45) is 0 Å². The van der Waals surface area contributed by atoms with Crippen LogP contribution in [0.3, 0.4) is 0 Å². The molecule has 1 aromatic rings. The quantitative estimate of drug-likeness (QED) is 0.737. The van der Waals surface area contributed by atoms with Gasteiger partial charge >= 0.3 is 26.6 Å². The van der Waals surface area contributed by atoms with Gasteiger partial charge in [0, 0.05) is 0 Å². The van der Waals surface area contributed by atoms with Crippen LogP contribution in [0.1, 0.15) is 12.5 Å². The van der Waals surface area contributed by atoms with E-state index in [9.17, 15) is 0 Å². The molecule has 0 amide bonds. The second-order valence-electron chi connectivity index (χ2n) is 2.15. The SMILES string of the molecule is C=C(C)c1ccccc1.[PoH2]. The van der Waals surface area contributed by atoms with E-state index in [0.717, 1.165) is 5.57 Å². The van der Waals surface area contributed by atoms with Crippen molar-refractivity contribution in [1.82, 2.24) is 0 Å². The van der Waals surface area contributed by atoms with Crippen LogP contribution in [0.4, 0.5) is 0 Å². The van der Waals surface area contributed by atoms with E-state index >= 15 is 0 Å². The molecule has 0 unspecified atom stereocenters. The fourth-order valence-corrected chi connectivity index (χ4v) is 0.723. The molecule has 0 radical (unpaired) electrons. The molecule has 0 bridgehead atoms. The van der Waals surface area contributed by atoms with Crippen LogP contribution < -0.4 is 0 Å². The second kappa shape index (κ2) is 4.64. The number of hydrogen-bond acceptors (Lipinski definition) is 0. The predicted octanol–water partition coefficient (Wildman–Crippen LogP) is 1.80. The molecule has 0 N–H and O–H groups in total. The van der Waals surface area contributed by atoms with E-state index in [1.807, 2.05) is 25.1 Å². The molecule has 0 heterocycles. The molecule has 0 atom stereocenters. The van der Waals surface area contributed by atoms with Crippen molar-refractivity contribution in [3.05, 3.63) is 42.5 Å². The number of allylic oxidation sites excluding steroid dienone is 1. The Morgan fingerprint density at radius 1 is 1.20 bits per heavy atom. The van der Waals surface area contributed by atoms with E-state index in [1.54, 1.807) is 0 Å². The first kappa shape index (κ1) is 9.86. The molecule has 0 aliphatic rings. The van der Waals surface area contributed by atoms with Crippen molar-refractivity contribution in [3.63, 3.8) is 0 Å². The number of benzene rings is 1. The van der Waals surface area contributed by atoms with Gasteiger partial charge in [-0.2, -0.15) is 0 Å². The van der Waals surface area contributed by atoms with Crippen LogP contribution >= 0.6 is 0 Å². The van der Waals surface area contributed by atoms with Crippen LogP contribution in [0, 0.1) is 0 Å². The van der Waals surface area contributed by atoms with Gasteiger partial charge < -0.3 is 0 Å². The summed E-state index contributed by atoms with van der Waals surface area (Å²) in [6.07, 6.45) is 0. The Balaban J connectivity index is 0.000000810. The summed E-state index contributed by atoms with van der Waals surface area (Å²) in [5.41, 5.74) is 2.34. The van der Waals surface area contributed by atoms with Gasteiger partial charge in [0.05, 0.1) is 0 Å². The van der Waals surface area contributed by atoms with Gasteiger partial charge in [0.15, 0.2) is 0 Å². The standard InChI is InChI=1S/C9H10.Po.2H/c1-8(2)9-6-4-3-5-7-9;;;/h3-7H,1H2,2H3;;;. The first-order chi connectivity index (χ1) is 4.30. The van der Waals surface area contributed by atoms with Crippen LogP contribution in [0.2, 0.25) is 0 Å². The summed E-state index contributed by atoms with van der Waals surface area (Å²) in [6, 6.07) is 10.2. The van der Waals surface area contributed by atoms with Crippen LogP contribution in [0.25, 0.3) is 5.57 Å². The Kier molecular flexibility index (Phi) is 4.57. The summed E-state index contributed by atoms with van der Waals surface area (Å²) in [7, 11) is 0. The van der Waals surface area contributed by atoms with E-state index in [2.05, 4.69) is 18.7 Å². The molecule has 1 rings (SSSR count). The van der Waals surface area contributed by atoms with Gasteiger partial charge in [0.2, 0.25) is 0 Å². The van der Waals surface area contributed by atoms with Crippen molar-refractivity contribution in [3.8, 4) is 0 Å². The first-order valence-corrected chi connectivity index (χ1v) is 3.01. The van der Waals surface area contributed by atoms with Crippen LogP contribution in [-0.4, -0.2) is 26.6 Å². The molecule has 1 heteroatoms. The molecule has 0 aliphatic heterocycles. The minimum atomic E-state index is 0. The Bertz CT molecular complexity index is 201. The van der Waals surface area contributed by atoms with Gasteiger partial charge in [-0.15, -0.1) is 0 Å². The molecule has 10 heavy (non-hydrogen) atoms. The summed E-state index contributed by atoms with van der Waals surface area (Å²) in [4.78, 5) is 0. The molecule has 0 fully saturated rings. The van der Waals surface area contributed by atoms with Crippen LogP contribution in [0.15, 0.2) is 36.9 Å². The van der Waals surface area contributed by atoms with Gasteiger partial charge in [0.1, 0.15) is 0 Å². The molecule has 0 saturated carbocycles. The zero-order chi connectivity index (χ0) is 6.69. The average molecular weight is 329 g/mol. The third kappa shape index (κ3) is 2.63. The van der Waals surface area contributed by atoms with Gasteiger partial charge in [-0.25, -0.2) is 0 Å². The number of rotatable bonds is 1. The molecule has 0 aliphatic carbocycles. The second-order valence-corrected chi connectivity index (χ2v) is 2.15. The van der Waals surface area contributed by atoms with Crippen molar-refractivity contribution < 1.29 is 0 Å². The number of hydrogen-bond donors (Lipinski definition) is 0. The van der Waals surface area contributed by atoms with Gasteiger partial charge in [0.25, 0.3) is 0 Å². The van der Waals surface area contributed by atoms with Crippen molar-refractivity contribution in [2.45, 2.75) is 6.92 Å². The van der Waals surface area contributed by atoms with Crippen LogP contribution in [-0.2, 0) is 0 Å². The average Bonchev–Trinajstić information content (AvgIpc) is 1.90. The Morgan fingerprint density at radius 3 is 2.00 bits per heavy atom. The third-order valence-electron chi connectivity index (χ3n) is 1.27. The van der Waals surface area contributed by atoms with Crippen molar-refractivity contribution in [2.75, 3.05) is 0 Å². The van der Waals surface area contributed by atoms with Gasteiger partial charge in [-0.05, 0) is 12.5 Å². The van der Waals surface area contributed by atoms with E-state index in [1.165, 1.54) is 5.56 Å². The van der Waals surface area contributed by atoms with E-state index in [4.69, 9.17) is 0 Å². The van der Waals surface area contributed by atoms with E-state index in [-0.39, 0.29) is 26.6 Å². The zero-order valence-corrected chi connectivity index (χ0v) is 9.98. The molecular formula is C9H12Po. The zero-order valence-electron chi connectivity index (χ0n) is 6.09.